The Morgan fingerprint density at radius 2 is 2.18 bits per heavy atom. The molecule has 0 bridgehead atoms. The van der Waals surface area contributed by atoms with Crippen LogP contribution in [0.1, 0.15) is 6.92 Å². The Hall–Kier alpha value is -0.720. The molecule has 1 aromatic carbocycles. The number of sulfonamides is 1. The van der Waals surface area contributed by atoms with Crippen molar-refractivity contribution in [2.45, 2.75) is 11.8 Å². The predicted octanol–water partition coefficient (Wildman–Crippen LogP) is 2.78. The van der Waals surface area contributed by atoms with E-state index in [1.807, 2.05) is 0 Å². The molecule has 17 heavy (non-hydrogen) atoms. The normalized spacial score (nSPS) is 11.8. The zero-order valence-electron chi connectivity index (χ0n) is 9.36. The van der Waals surface area contributed by atoms with E-state index in [0.29, 0.717) is 6.54 Å². The summed E-state index contributed by atoms with van der Waals surface area (Å²) in [6.07, 6.45) is 1.50. The number of benzene rings is 1. The number of halogens is 2. The molecule has 0 radical (unpaired) electrons. The molecule has 0 fully saturated rings. The van der Waals surface area contributed by atoms with Gasteiger partial charge in [-0.2, -0.15) is 4.31 Å². The predicted molar refractivity (Wildman–Crippen MR) is 68.7 cm³/mol. The van der Waals surface area contributed by atoms with Crippen LogP contribution in [0.3, 0.4) is 0 Å². The van der Waals surface area contributed by atoms with Crippen molar-refractivity contribution in [3.05, 3.63) is 41.1 Å². The van der Waals surface area contributed by atoms with Crippen molar-refractivity contribution < 1.29 is 12.8 Å². The number of hydrogen-bond acceptors (Lipinski definition) is 2. The van der Waals surface area contributed by atoms with E-state index in [1.165, 1.54) is 22.5 Å². The maximum atomic E-state index is 13.3. The van der Waals surface area contributed by atoms with Crippen molar-refractivity contribution in [1.29, 1.82) is 0 Å². The van der Waals surface area contributed by atoms with Crippen LogP contribution >= 0.6 is 15.9 Å². The molecule has 0 aromatic heterocycles. The Kier molecular flexibility index (Phi) is 4.85. The van der Waals surface area contributed by atoms with Gasteiger partial charge in [-0.05, 0) is 34.1 Å². The standard InChI is InChI=1S/C11H13BrFNO2S/c1-3-7-14(4-2)17(15,16)9-5-6-10(12)11(13)8-9/h3,5-6,8H,1,4,7H2,2H3. The molecule has 0 aliphatic heterocycles. The molecule has 94 valence electrons. The van der Waals surface area contributed by atoms with Crippen molar-refractivity contribution >= 4 is 26.0 Å². The summed E-state index contributed by atoms with van der Waals surface area (Å²) >= 11 is 2.98. The maximum absolute atomic E-state index is 13.3. The Morgan fingerprint density at radius 3 is 2.65 bits per heavy atom. The summed E-state index contributed by atoms with van der Waals surface area (Å²) in [7, 11) is -3.65. The lowest BCUT2D eigenvalue weighted by Gasteiger charge is -2.18. The van der Waals surface area contributed by atoms with Crippen molar-refractivity contribution in [1.82, 2.24) is 4.31 Å². The second-order valence-corrected chi connectivity index (χ2v) is 6.11. The molecular formula is C11H13BrFNO2S. The van der Waals surface area contributed by atoms with Gasteiger partial charge >= 0.3 is 0 Å². The molecule has 0 saturated carbocycles. The first kappa shape index (κ1) is 14.3. The van der Waals surface area contributed by atoms with E-state index >= 15 is 0 Å². The second-order valence-electron chi connectivity index (χ2n) is 3.32. The SMILES string of the molecule is C=CCN(CC)S(=O)(=O)c1ccc(Br)c(F)c1. The number of likely N-dealkylation sites (N-methyl/N-ethyl adjacent to an activating group) is 1. The summed E-state index contributed by atoms with van der Waals surface area (Å²) < 4.78 is 39.0. The first-order chi connectivity index (χ1) is 7.93. The van der Waals surface area contributed by atoms with Crippen LogP contribution in [0.5, 0.6) is 0 Å². The highest BCUT2D eigenvalue weighted by molar-refractivity contribution is 9.10. The van der Waals surface area contributed by atoms with E-state index in [-0.39, 0.29) is 15.9 Å². The molecule has 0 heterocycles. The fraction of sp³-hybridized carbons (Fsp3) is 0.273. The average molecular weight is 322 g/mol. The zero-order chi connectivity index (χ0) is 13.1. The third-order valence-electron chi connectivity index (χ3n) is 2.21. The van der Waals surface area contributed by atoms with Gasteiger partial charge < -0.3 is 0 Å². The molecule has 0 unspecified atom stereocenters. The molecule has 0 aliphatic carbocycles. The van der Waals surface area contributed by atoms with Crippen molar-refractivity contribution in [3.63, 3.8) is 0 Å². The lowest BCUT2D eigenvalue weighted by Crippen LogP contribution is -2.31. The third kappa shape index (κ3) is 3.14. The van der Waals surface area contributed by atoms with Crippen LogP contribution in [0.4, 0.5) is 4.39 Å². The molecule has 0 amide bonds. The molecule has 1 aromatic rings. The molecule has 0 atom stereocenters. The van der Waals surface area contributed by atoms with Gasteiger partial charge in [0.1, 0.15) is 5.82 Å². The van der Waals surface area contributed by atoms with Crippen LogP contribution in [0, 0.1) is 5.82 Å². The van der Waals surface area contributed by atoms with Gasteiger partial charge in [-0.25, -0.2) is 12.8 Å². The summed E-state index contributed by atoms with van der Waals surface area (Å²) in [5, 5.41) is 0. The second kappa shape index (κ2) is 5.75. The highest BCUT2D eigenvalue weighted by Crippen LogP contribution is 2.21. The van der Waals surface area contributed by atoms with E-state index < -0.39 is 15.8 Å². The third-order valence-corrected chi connectivity index (χ3v) is 4.79. The van der Waals surface area contributed by atoms with Crippen molar-refractivity contribution in [2.75, 3.05) is 13.1 Å². The van der Waals surface area contributed by atoms with Crippen LogP contribution in [0.15, 0.2) is 40.2 Å². The molecule has 0 saturated heterocycles. The average Bonchev–Trinajstić information content (AvgIpc) is 2.29. The summed E-state index contributed by atoms with van der Waals surface area (Å²) in [4.78, 5) is -0.0538. The van der Waals surface area contributed by atoms with Crippen LogP contribution in [0.2, 0.25) is 0 Å². The number of rotatable bonds is 5. The van der Waals surface area contributed by atoms with Crippen LogP contribution in [-0.2, 0) is 10.0 Å². The van der Waals surface area contributed by atoms with E-state index in [1.54, 1.807) is 6.92 Å². The minimum Gasteiger partial charge on any atom is -0.207 e. The van der Waals surface area contributed by atoms with Gasteiger partial charge in [0.05, 0.1) is 9.37 Å². The van der Waals surface area contributed by atoms with E-state index in [2.05, 4.69) is 22.5 Å². The lowest BCUT2D eigenvalue weighted by molar-refractivity contribution is 0.459. The minimum atomic E-state index is -3.65. The number of nitrogens with zero attached hydrogens (tertiary/aromatic N) is 1. The first-order valence-corrected chi connectivity index (χ1v) is 7.23. The number of hydrogen-bond donors (Lipinski definition) is 0. The van der Waals surface area contributed by atoms with Gasteiger partial charge in [-0.3, -0.25) is 0 Å². The fourth-order valence-electron chi connectivity index (χ4n) is 1.33. The summed E-state index contributed by atoms with van der Waals surface area (Å²) in [6.45, 7) is 5.73. The van der Waals surface area contributed by atoms with Gasteiger partial charge in [0.25, 0.3) is 0 Å². The Labute approximate surface area is 109 Å². The highest BCUT2D eigenvalue weighted by Gasteiger charge is 2.22. The Bertz CT molecular complexity index is 516. The quantitative estimate of drug-likeness (QED) is 0.782. The van der Waals surface area contributed by atoms with Gasteiger partial charge in [0.15, 0.2) is 0 Å². The topological polar surface area (TPSA) is 37.4 Å². The van der Waals surface area contributed by atoms with E-state index in [9.17, 15) is 12.8 Å². The molecule has 0 spiro atoms. The van der Waals surface area contributed by atoms with Crippen molar-refractivity contribution in [2.24, 2.45) is 0 Å². The van der Waals surface area contributed by atoms with Crippen molar-refractivity contribution in [3.8, 4) is 0 Å². The molecule has 6 heteroatoms. The molecule has 0 aliphatic rings. The zero-order valence-corrected chi connectivity index (χ0v) is 11.8. The molecule has 3 nitrogen and oxygen atoms in total. The Morgan fingerprint density at radius 1 is 1.53 bits per heavy atom. The monoisotopic (exact) mass is 321 g/mol. The van der Waals surface area contributed by atoms with Gasteiger partial charge in [0, 0.05) is 13.1 Å². The summed E-state index contributed by atoms with van der Waals surface area (Å²) in [5.74, 6) is -0.597. The van der Waals surface area contributed by atoms with Gasteiger partial charge in [0.2, 0.25) is 10.0 Å². The first-order valence-electron chi connectivity index (χ1n) is 4.99. The lowest BCUT2D eigenvalue weighted by atomic mass is 10.3. The minimum absolute atomic E-state index is 0.0538. The molecule has 0 N–H and O–H groups in total. The Balaban J connectivity index is 3.20. The van der Waals surface area contributed by atoms with E-state index in [0.717, 1.165) is 6.07 Å². The highest BCUT2D eigenvalue weighted by atomic mass is 79.9. The van der Waals surface area contributed by atoms with Crippen LogP contribution in [-0.4, -0.2) is 25.8 Å². The van der Waals surface area contributed by atoms with Gasteiger partial charge in [-0.15, -0.1) is 6.58 Å². The summed E-state index contributed by atoms with van der Waals surface area (Å²) in [6, 6.07) is 3.75. The molecule has 1 rings (SSSR count). The van der Waals surface area contributed by atoms with Crippen LogP contribution in [0.25, 0.3) is 0 Å². The summed E-state index contributed by atoms with van der Waals surface area (Å²) in [5.41, 5.74) is 0. The smallest absolute Gasteiger partial charge is 0.207 e. The molecular weight excluding hydrogens is 309 g/mol. The fourth-order valence-corrected chi connectivity index (χ4v) is 3.01. The van der Waals surface area contributed by atoms with Crippen LogP contribution < -0.4 is 0 Å². The maximum Gasteiger partial charge on any atom is 0.243 e. The largest absolute Gasteiger partial charge is 0.243 e. The van der Waals surface area contributed by atoms with Gasteiger partial charge in [-0.1, -0.05) is 13.0 Å². The van der Waals surface area contributed by atoms with E-state index in [4.69, 9.17) is 0 Å².